The van der Waals surface area contributed by atoms with Crippen molar-refractivity contribution in [3.8, 4) is 5.75 Å². The standard InChI is InChI=1S/C21H20N2O3/c22-20(24)12-13-23(18-8-2-1-3-9-18)21(25)15-26-19-11-10-16-6-4-5-7-17(16)14-19/h1-11,14H,12-13,15H2,(H2,22,24). The van der Waals surface area contributed by atoms with Gasteiger partial charge in [0.15, 0.2) is 6.61 Å². The van der Waals surface area contributed by atoms with Crippen LogP contribution in [0.2, 0.25) is 0 Å². The van der Waals surface area contributed by atoms with Crippen LogP contribution in [0.1, 0.15) is 6.42 Å². The van der Waals surface area contributed by atoms with Crippen LogP contribution in [-0.4, -0.2) is 25.0 Å². The molecule has 0 unspecified atom stereocenters. The Morgan fingerprint density at radius 1 is 0.885 bits per heavy atom. The summed E-state index contributed by atoms with van der Waals surface area (Å²) in [5.41, 5.74) is 5.94. The summed E-state index contributed by atoms with van der Waals surface area (Å²) in [7, 11) is 0. The second kappa shape index (κ2) is 8.16. The summed E-state index contributed by atoms with van der Waals surface area (Å²) >= 11 is 0. The van der Waals surface area contributed by atoms with E-state index >= 15 is 0 Å². The van der Waals surface area contributed by atoms with Gasteiger partial charge >= 0.3 is 0 Å². The molecule has 3 aromatic carbocycles. The molecule has 0 aliphatic heterocycles. The van der Waals surface area contributed by atoms with Gasteiger partial charge in [0.05, 0.1) is 0 Å². The van der Waals surface area contributed by atoms with Crippen LogP contribution in [0.4, 0.5) is 5.69 Å². The van der Waals surface area contributed by atoms with Gasteiger partial charge in [0.2, 0.25) is 5.91 Å². The van der Waals surface area contributed by atoms with Crippen LogP contribution in [-0.2, 0) is 9.59 Å². The van der Waals surface area contributed by atoms with Gasteiger partial charge in [-0.25, -0.2) is 0 Å². The number of para-hydroxylation sites is 1. The molecule has 3 aromatic rings. The predicted molar refractivity (Wildman–Crippen MR) is 102 cm³/mol. The first-order valence-corrected chi connectivity index (χ1v) is 8.39. The van der Waals surface area contributed by atoms with Gasteiger partial charge in [0.1, 0.15) is 5.75 Å². The van der Waals surface area contributed by atoms with E-state index in [1.54, 1.807) is 0 Å². The smallest absolute Gasteiger partial charge is 0.264 e. The summed E-state index contributed by atoms with van der Waals surface area (Å²) in [6.45, 7) is 0.102. The van der Waals surface area contributed by atoms with E-state index in [-0.39, 0.29) is 25.5 Å². The molecule has 5 heteroatoms. The molecule has 0 fully saturated rings. The number of ether oxygens (including phenoxy) is 1. The highest BCUT2D eigenvalue weighted by atomic mass is 16.5. The zero-order chi connectivity index (χ0) is 18.4. The highest BCUT2D eigenvalue weighted by Gasteiger charge is 2.17. The number of nitrogens with zero attached hydrogens (tertiary/aromatic N) is 1. The van der Waals surface area contributed by atoms with Crippen LogP contribution in [0.3, 0.4) is 0 Å². The molecule has 0 saturated carbocycles. The number of hydrogen-bond donors (Lipinski definition) is 1. The number of anilines is 1. The van der Waals surface area contributed by atoms with E-state index in [1.807, 2.05) is 72.8 Å². The zero-order valence-corrected chi connectivity index (χ0v) is 14.3. The molecule has 3 rings (SSSR count). The SMILES string of the molecule is NC(=O)CCN(C(=O)COc1ccc2ccccc2c1)c1ccccc1. The van der Waals surface area contributed by atoms with E-state index in [1.165, 1.54) is 4.90 Å². The Balaban J connectivity index is 1.71. The van der Waals surface area contributed by atoms with Crippen LogP contribution < -0.4 is 15.4 Å². The Bertz CT molecular complexity index is 909. The predicted octanol–water partition coefficient (Wildman–Crippen LogP) is 3.13. The first-order chi connectivity index (χ1) is 12.6. The minimum Gasteiger partial charge on any atom is -0.484 e. The molecule has 0 aliphatic carbocycles. The van der Waals surface area contributed by atoms with Crippen molar-refractivity contribution in [2.75, 3.05) is 18.1 Å². The van der Waals surface area contributed by atoms with Crippen molar-refractivity contribution in [2.45, 2.75) is 6.42 Å². The fourth-order valence-electron chi connectivity index (χ4n) is 2.71. The lowest BCUT2D eigenvalue weighted by Gasteiger charge is -2.22. The van der Waals surface area contributed by atoms with Gasteiger partial charge in [0.25, 0.3) is 5.91 Å². The van der Waals surface area contributed by atoms with Gasteiger partial charge in [-0.15, -0.1) is 0 Å². The number of amides is 2. The van der Waals surface area contributed by atoms with Crippen molar-refractivity contribution in [1.82, 2.24) is 0 Å². The molecule has 26 heavy (non-hydrogen) atoms. The third-order valence-corrected chi connectivity index (χ3v) is 4.03. The largest absolute Gasteiger partial charge is 0.484 e. The maximum absolute atomic E-state index is 12.6. The number of carbonyl (C=O) groups is 2. The fourth-order valence-corrected chi connectivity index (χ4v) is 2.71. The van der Waals surface area contributed by atoms with Gasteiger partial charge < -0.3 is 15.4 Å². The minimum atomic E-state index is -0.450. The van der Waals surface area contributed by atoms with Crippen molar-refractivity contribution in [2.24, 2.45) is 5.73 Å². The van der Waals surface area contributed by atoms with Gasteiger partial charge in [-0.1, -0.05) is 48.5 Å². The van der Waals surface area contributed by atoms with E-state index in [0.717, 1.165) is 10.8 Å². The molecule has 0 aromatic heterocycles. The first-order valence-electron chi connectivity index (χ1n) is 8.39. The zero-order valence-electron chi connectivity index (χ0n) is 14.3. The van der Waals surface area contributed by atoms with E-state index in [0.29, 0.717) is 11.4 Å². The summed E-state index contributed by atoms with van der Waals surface area (Å²) in [4.78, 5) is 25.3. The summed E-state index contributed by atoms with van der Waals surface area (Å²) in [5.74, 6) is -0.0558. The second-order valence-electron chi connectivity index (χ2n) is 5.89. The molecule has 0 bridgehead atoms. The van der Waals surface area contributed by atoms with Gasteiger partial charge in [-0.2, -0.15) is 0 Å². The quantitative estimate of drug-likeness (QED) is 0.713. The summed E-state index contributed by atoms with van der Waals surface area (Å²) in [5, 5.41) is 2.16. The molecule has 0 atom stereocenters. The number of primary amides is 1. The number of rotatable bonds is 7. The Labute approximate surface area is 152 Å². The fraction of sp³-hybridized carbons (Fsp3) is 0.143. The van der Waals surface area contributed by atoms with Crippen molar-refractivity contribution in [1.29, 1.82) is 0 Å². The third kappa shape index (κ3) is 4.39. The van der Waals surface area contributed by atoms with Crippen LogP contribution in [0, 0.1) is 0 Å². The van der Waals surface area contributed by atoms with Crippen molar-refractivity contribution < 1.29 is 14.3 Å². The molecule has 0 spiro atoms. The van der Waals surface area contributed by atoms with Crippen LogP contribution in [0.5, 0.6) is 5.75 Å². The maximum atomic E-state index is 12.6. The molecule has 0 radical (unpaired) electrons. The van der Waals surface area contributed by atoms with Crippen LogP contribution in [0.15, 0.2) is 72.8 Å². The van der Waals surface area contributed by atoms with E-state index in [2.05, 4.69) is 0 Å². The Morgan fingerprint density at radius 2 is 1.58 bits per heavy atom. The van der Waals surface area contributed by atoms with E-state index < -0.39 is 5.91 Å². The summed E-state index contributed by atoms with van der Waals surface area (Å²) < 4.78 is 5.68. The van der Waals surface area contributed by atoms with Gasteiger partial charge in [-0.05, 0) is 35.0 Å². The molecule has 0 heterocycles. The number of carbonyl (C=O) groups excluding carboxylic acids is 2. The molecule has 5 nitrogen and oxygen atoms in total. The van der Waals surface area contributed by atoms with Crippen molar-refractivity contribution in [3.63, 3.8) is 0 Å². The van der Waals surface area contributed by atoms with Crippen molar-refractivity contribution >= 4 is 28.3 Å². The molecule has 2 N–H and O–H groups in total. The Kier molecular flexibility index (Phi) is 5.49. The lowest BCUT2D eigenvalue weighted by atomic mass is 10.1. The topological polar surface area (TPSA) is 72.6 Å². The molecular formula is C21H20N2O3. The average molecular weight is 348 g/mol. The highest BCUT2D eigenvalue weighted by Crippen LogP contribution is 2.21. The van der Waals surface area contributed by atoms with Gasteiger partial charge in [0, 0.05) is 18.7 Å². The van der Waals surface area contributed by atoms with Crippen LogP contribution in [0.25, 0.3) is 10.8 Å². The molecule has 0 saturated heterocycles. The Hall–Kier alpha value is -3.34. The number of nitrogens with two attached hydrogens (primary N) is 1. The average Bonchev–Trinajstić information content (AvgIpc) is 2.67. The van der Waals surface area contributed by atoms with Crippen molar-refractivity contribution in [3.05, 3.63) is 72.8 Å². The Morgan fingerprint density at radius 3 is 2.31 bits per heavy atom. The second-order valence-corrected chi connectivity index (χ2v) is 5.89. The number of fused-ring (bicyclic) bond motifs is 1. The van der Waals surface area contributed by atoms with Crippen LogP contribution >= 0.6 is 0 Å². The lowest BCUT2D eigenvalue weighted by Crippen LogP contribution is -2.37. The molecule has 0 aliphatic rings. The van der Waals surface area contributed by atoms with Gasteiger partial charge in [-0.3, -0.25) is 9.59 Å². The first kappa shape index (κ1) is 17.5. The third-order valence-electron chi connectivity index (χ3n) is 4.03. The van der Waals surface area contributed by atoms with E-state index in [9.17, 15) is 9.59 Å². The normalized spacial score (nSPS) is 10.5. The summed E-state index contributed by atoms with van der Waals surface area (Å²) in [6, 6.07) is 22.8. The summed E-state index contributed by atoms with van der Waals surface area (Å²) in [6.07, 6.45) is 0.0939. The van der Waals surface area contributed by atoms with E-state index in [4.69, 9.17) is 10.5 Å². The number of benzene rings is 3. The maximum Gasteiger partial charge on any atom is 0.264 e. The minimum absolute atomic E-state index is 0.0939. The monoisotopic (exact) mass is 348 g/mol. The molecule has 2 amide bonds. The molecular weight excluding hydrogens is 328 g/mol. The molecule has 132 valence electrons. The highest BCUT2D eigenvalue weighted by molar-refractivity contribution is 5.95. The number of hydrogen-bond acceptors (Lipinski definition) is 3. The lowest BCUT2D eigenvalue weighted by molar-refractivity contribution is -0.120.